The highest BCUT2D eigenvalue weighted by Gasteiger charge is 2.25. The molecule has 22 heavy (non-hydrogen) atoms. The second-order valence-electron chi connectivity index (χ2n) is 5.60. The number of benzene rings is 1. The molecule has 1 aromatic carbocycles. The Morgan fingerprint density at radius 2 is 2.09 bits per heavy atom. The molecule has 1 aliphatic rings. The van der Waals surface area contributed by atoms with Crippen LogP contribution >= 0.6 is 0 Å². The first-order valence-corrected chi connectivity index (χ1v) is 7.30. The van der Waals surface area contributed by atoms with Crippen LogP contribution < -0.4 is 17.0 Å². The van der Waals surface area contributed by atoms with E-state index in [1.165, 1.54) is 0 Å². The van der Waals surface area contributed by atoms with Gasteiger partial charge < -0.3 is 15.6 Å². The van der Waals surface area contributed by atoms with Crippen molar-refractivity contribution in [1.82, 2.24) is 14.5 Å². The molecule has 0 aliphatic carbocycles. The van der Waals surface area contributed by atoms with Crippen molar-refractivity contribution in [2.45, 2.75) is 13.0 Å². The van der Waals surface area contributed by atoms with Crippen LogP contribution in [0.25, 0.3) is 10.9 Å². The quantitative estimate of drug-likeness (QED) is 0.798. The van der Waals surface area contributed by atoms with E-state index in [4.69, 9.17) is 5.73 Å². The number of nitrogens with zero attached hydrogens (tertiary/aromatic N) is 2. The van der Waals surface area contributed by atoms with Crippen molar-refractivity contribution >= 4 is 16.8 Å². The maximum absolute atomic E-state index is 12.4. The minimum atomic E-state index is -0.563. The van der Waals surface area contributed by atoms with Gasteiger partial charge in [0.1, 0.15) is 6.54 Å². The molecule has 0 spiro atoms. The molecule has 7 heteroatoms. The van der Waals surface area contributed by atoms with Crippen molar-refractivity contribution in [3.05, 3.63) is 45.1 Å². The molecule has 2 heterocycles. The van der Waals surface area contributed by atoms with E-state index in [1.807, 2.05) is 0 Å². The van der Waals surface area contributed by atoms with E-state index in [1.54, 1.807) is 29.2 Å². The minimum absolute atomic E-state index is 0.223. The summed E-state index contributed by atoms with van der Waals surface area (Å²) in [5.41, 5.74) is 5.08. The molecule has 0 bridgehead atoms. The average Bonchev–Trinajstić information content (AvgIpc) is 3.00. The lowest BCUT2D eigenvalue weighted by molar-refractivity contribution is -0.131. The van der Waals surface area contributed by atoms with E-state index < -0.39 is 11.2 Å². The number of aromatic amines is 1. The van der Waals surface area contributed by atoms with Crippen LogP contribution in [0.3, 0.4) is 0 Å². The predicted molar refractivity (Wildman–Crippen MR) is 82.6 cm³/mol. The van der Waals surface area contributed by atoms with Gasteiger partial charge in [-0.2, -0.15) is 0 Å². The molecule has 1 amide bonds. The van der Waals surface area contributed by atoms with Crippen molar-refractivity contribution in [3.8, 4) is 0 Å². The number of carbonyl (C=O) groups excluding carboxylic acids is 1. The second kappa shape index (κ2) is 5.76. The molecule has 0 saturated carbocycles. The maximum Gasteiger partial charge on any atom is 0.329 e. The number of likely N-dealkylation sites (tertiary alicyclic amines) is 1. The Labute approximate surface area is 126 Å². The molecule has 116 valence electrons. The maximum atomic E-state index is 12.4. The smallest absolute Gasteiger partial charge is 0.329 e. The number of nitrogens with one attached hydrogen (secondary N) is 1. The number of para-hydroxylation sites is 1. The summed E-state index contributed by atoms with van der Waals surface area (Å²) in [6, 6.07) is 6.76. The number of aromatic nitrogens is 2. The molecule has 1 fully saturated rings. The normalized spacial score (nSPS) is 18.0. The van der Waals surface area contributed by atoms with E-state index in [2.05, 4.69) is 4.98 Å². The van der Waals surface area contributed by atoms with Gasteiger partial charge in [0.25, 0.3) is 5.56 Å². The first-order valence-electron chi connectivity index (χ1n) is 7.30. The van der Waals surface area contributed by atoms with Crippen molar-refractivity contribution in [1.29, 1.82) is 0 Å². The van der Waals surface area contributed by atoms with Crippen LogP contribution in [0.15, 0.2) is 33.9 Å². The molecule has 0 radical (unpaired) electrons. The number of H-pyrrole nitrogens is 1. The van der Waals surface area contributed by atoms with Crippen LogP contribution in [0.5, 0.6) is 0 Å². The fraction of sp³-hybridized carbons (Fsp3) is 0.400. The van der Waals surface area contributed by atoms with Crippen molar-refractivity contribution in [2.24, 2.45) is 11.7 Å². The van der Waals surface area contributed by atoms with E-state index in [9.17, 15) is 14.4 Å². The number of amides is 1. The van der Waals surface area contributed by atoms with Crippen LogP contribution in [-0.4, -0.2) is 40.0 Å². The zero-order valence-corrected chi connectivity index (χ0v) is 12.1. The van der Waals surface area contributed by atoms with Gasteiger partial charge in [0, 0.05) is 13.1 Å². The van der Waals surface area contributed by atoms with Crippen LogP contribution in [0.4, 0.5) is 0 Å². The predicted octanol–water partition coefficient (Wildman–Crippen LogP) is -0.503. The zero-order chi connectivity index (χ0) is 15.7. The minimum Gasteiger partial charge on any atom is -0.341 e. The van der Waals surface area contributed by atoms with Crippen LogP contribution in [0.1, 0.15) is 6.42 Å². The first-order chi connectivity index (χ1) is 10.6. The van der Waals surface area contributed by atoms with Gasteiger partial charge in [-0.25, -0.2) is 4.79 Å². The molecule has 3 rings (SSSR count). The summed E-state index contributed by atoms with van der Waals surface area (Å²) >= 11 is 0. The van der Waals surface area contributed by atoms with Gasteiger partial charge in [0.15, 0.2) is 0 Å². The summed E-state index contributed by atoms with van der Waals surface area (Å²) in [5.74, 6) is 0.0781. The van der Waals surface area contributed by atoms with E-state index in [0.717, 1.165) is 11.0 Å². The Balaban J connectivity index is 1.90. The number of nitrogens with two attached hydrogens (primary N) is 1. The Hall–Kier alpha value is -2.41. The lowest BCUT2D eigenvalue weighted by Gasteiger charge is -2.16. The summed E-state index contributed by atoms with van der Waals surface area (Å²) < 4.78 is 0.959. The number of rotatable bonds is 3. The van der Waals surface area contributed by atoms with E-state index >= 15 is 0 Å². The third-order valence-electron chi connectivity index (χ3n) is 4.15. The van der Waals surface area contributed by atoms with Crippen molar-refractivity contribution in [2.75, 3.05) is 19.6 Å². The number of carbonyl (C=O) groups is 1. The van der Waals surface area contributed by atoms with Crippen LogP contribution in [0.2, 0.25) is 0 Å². The highest BCUT2D eigenvalue weighted by atomic mass is 16.2. The fourth-order valence-corrected chi connectivity index (χ4v) is 2.83. The standard InChI is InChI=1S/C15H18N4O3/c16-7-10-5-6-18(8-10)13(20)9-19-14(21)11-3-1-2-4-12(11)17-15(19)22/h1-4,10H,5-9,16H2,(H,17,22). The Morgan fingerprint density at radius 1 is 1.32 bits per heavy atom. The first kappa shape index (κ1) is 14.5. The molecular weight excluding hydrogens is 284 g/mol. The molecular formula is C15H18N4O3. The van der Waals surface area contributed by atoms with E-state index in [0.29, 0.717) is 36.5 Å². The second-order valence-corrected chi connectivity index (χ2v) is 5.60. The van der Waals surface area contributed by atoms with Gasteiger partial charge >= 0.3 is 5.69 Å². The largest absolute Gasteiger partial charge is 0.341 e. The van der Waals surface area contributed by atoms with Gasteiger partial charge in [-0.05, 0) is 31.0 Å². The number of hydrogen-bond donors (Lipinski definition) is 2. The SMILES string of the molecule is NCC1CCN(C(=O)Cn2c(=O)[nH]c3ccccc3c2=O)C1. The van der Waals surface area contributed by atoms with Gasteiger partial charge in [-0.3, -0.25) is 14.2 Å². The zero-order valence-electron chi connectivity index (χ0n) is 12.1. The molecule has 1 atom stereocenters. The molecule has 2 aromatic rings. The molecule has 1 aliphatic heterocycles. The lowest BCUT2D eigenvalue weighted by Crippen LogP contribution is -2.41. The Kier molecular flexibility index (Phi) is 3.81. The summed E-state index contributed by atoms with van der Waals surface area (Å²) in [7, 11) is 0. The van der Waals surface area contributed by atoms with Crippen molar-refractivity contribution in [3.63, 3.8) is 0 Å². The fourth-order valence-electron chi connectivity index (χ4n) is 2.83. The average molecular weight is 302 g/mol. The Morgan fingerprint density at radius 3 is 2.82 bits per heavy atom. The third-order valence-corrected chi connectivity index (χ3v) is 4.15. The van der Waals surface area contributed by atoms with Crippen LogP contribution in [-0.2, 0) is 11.3 Å². The molecule has 1 saturated heterocycles. The summed E-state index contributed by atoms with van der Waals surface area (Å²) in [6.45, 7) is 1.52. The molecule has 1 unspecified atom stereocenters. The summed E-state index contributed by atoms with van der Waals surface area (Å²) in [6.07, 6.45) is 0.866. The van der Waals surface area contributed by atoms with Crippen LogP contribution in [0, 0.1) is 5.92 Å². The molecule has 3 N–H and O–H groups in total. The summed E-state index contributed by atoms with van der Waals surface area (Å²) in [4.78, 5) is 41.0. The van der Waals surface area contributed by atoms with Crippen molar-refractivity contribution < 1.29 is 4.79 Å². The monoisotopic (exact) mass is 302 g/mol. The van der Waals surface area contributed by atoms with Gasteiger partial charge in [-0.1, -0.05) is 12.1 Å². The summed E-state index contributed by atoms with van der Waals surface area (Å²) in [5, 5.41) is 0.399. The van der Waals surface area contributed by atoms with Gasteiger partial charge in [0.05, 0.1) is 10.9 Å². The topological polar surface area (TPSA) is 101 Å². The third kappa shape index (κ3) is 2.55. The highest BCUT2D eigenvalue weighted by Crippen LogP contribution is 2.14. The lowest BCUT2D eigenvalue weighted by atomic mass is 10.1. The molecule has 1 aromatic heterocycles. The Bertz CT molecular complexity index is 823. The molecule has 7 nitrogen and oxygen atoms in total. The van der Waals surface area contributed by atoms with Gasteiger partial charge in [0.2, 0.25) is 5.91 Å². The van der Waals surface area contributed by atoms with Gasteiger partial charge in [-0.15, -0.1) is 0 Å². The highest BCUT2D eigenvalue weighted by molar-refractivity contribution is 5.79. The number of hydrogen-bond acceptors (Lipinski definition) is 4. The number of fused-ring (bicyclic) bond motifs is 1. The van der Waals surface area contributed by atoms with E-state index in [-0.39, 0.29) is 12.5 Å².